The van der Waals surface area contributed by atoms with Crippen LogP contribution >= 0.6 is 0 Å². The molecule has 0 aliphatic heterocycles. The third-order valence-electron chi connectivity index (χ3n) is 11.9. The smallest absolute Gasteiger partial charge is 0.0152 e. The highest BCUT2D eigenvalue weighted by molar-refractivity contribution is 5.89. The number of rotatable bonds is 0. The van der Waals surface area contributed by atoms with Gasteiger partial charge in [-0.2, -0.15) is 0 Å². The minimum atomic E-state index is 1.02. The molecule has 7 aromatic rings. The minimum absolute atomic E-state index is 1.02. The molecule has 9 rings (SSSR count). The van der Waals surface area contributed by atoms with Gasteiger partial charge in [-0.1, -0.05) is 334 Å². The maximum Gasteiger partial charge on any atom is -0.0152 e. The van der Waals surface area contributed by atoms with E-state index in [4.69, 9.17) is 0 Å². The molecule has 2 saturated carbocycles. The van der Waals surface area contributed by atoms with Crippen molar-refractivity contribution in [1.29, 1.82) is 0 Å². The molecule has 0 bridgehead atoms. The lowest BCUT2D eigenvalue weighted by Crippen LogP contribution is -2.08. The molecule has 0 heterocycles. The molecule has 0 amide bonds. The normalized spacial score (nSPS) is 14.3. The van der Waals surface area contributed by atoms with Gasteiger partial charge in [0.1, 0.15) is 0 Å². The Morgan fingerprint density at radius 3 is 0.707 bits per heavy atom. The Morgan fingerprint density at radius 1 is 0.253 bits per heavy atom. The number of hydrogen-bond acceptors (Lipinski definition) is 0. The van der Waals surface area contributed by atoms with E-state index >= 15 is 0 Å². The maximum atomic E-state index is 2.37. The topological polar surface area (TPSA) is 0 Å². The summed E-state index contributed by atoms with van der Waals surface area (Å²) in [5.41, 5.74) is 10.7. The molecule has 426 valence electrons. The van der Waals surface area contributed by atoms with Gasteiger partial charge in [0.05, 0.1) is 0 Å². The van der Waals surface area contributed by atoms with Gasteiger partial charge in [-0.05, 0) is 140 Å². The molecular formula is C75H126. The Hall–Kier alpha value is -4.68. The van der Waals surface area contributed by atoms with Gasteiger partial charge in [-0.25, -0.2) is 0 Å². The first-order chi connectivity index (χ1) is 36.2. The van der Waals surface area contributed by atoms with Crippen molar-refractivity contribution in [2.75, 3.05) is 0 Å². The highest BCUT2D eigenvalue weighted by Gasteiger charge is 2.26. The number of benzene rings is 7. The Bertz CT molecular complexity index is 2060. The second-order valence-corrected chi connectivity index (χ2v) is 17.6. The van der Waals surface area contributed by atoms with Crippen LogP contribution in [0.15, 0.2) is 133 Å². The van der Waals surface area contributed by atoms with Crippen molar-refractivity contribution in [1.82, 2.24) is 0 Å². The second-order valence-electron chi connectivity index (χ2n) is 17.6. The van der Waals surface area contributed by atoms with Crippen LogP contribution in [0.25, 0.3) is 32.3 Å². The summed E-state index contributed by atoms with van der Waals surface area (Å²) < 4.78 is 0. The van der Waals surface area contributed by atoms with Crippen molar-refractivity contribution in [2.24, 2.45) is 23.7 Å². The first kappa shape index (κ1) is 81.7. The average molecular weight is 1030 g/mol. The predicted molar refractivity (Wildman–Crippen MR) is 358 cm³/mol. The quantitative estimate of drug-likeness (QED) is 0.142. The Labute approximate surface area is 471 Å². The molecule has 7 aromatic carbocycles. The lowest BCUT2D eigenvalue weighted by Gasteiger charge is -2.22. The van der Waals surface area contributed by atoms with Gasteiger partial charge in [-0.3, -0.25) is 0 Å². The summed E-state index contributed by atoms with van der Waals surface area (Å²) >= 11 is 0. The van der Waals surface area contributed by atoms with Gasteiger partial charge in [0, 0.05) is 0 Å². The van der Waals surface area contributed by atoms with Crippen LogP contribution in [0.1, 0.15) is 229 Å². The van der Waals surface area contributed by atoms with Gasteiger partial charge in [0.2, 0.25) is 0 Å². The van der Waals surface area contributed by atoms with E-state index in [9.17, 15) is 0 Å². The van der Waals surface area contributed by atoms with Gasteiger partial charge >= 0.3 is 0 Å². The Balaban J connectivity index is -0.000000182. The minimum Gasteiger partial charge on any atom is -0.0683 e. The molecule has 2 aliphatic rings. The summed E-state index contributed by atoms with van der Waals surface area (Å²) in [6.07, 6.45) is 7.37. The largest absolute Gasteiger partial charge is 0.0683 e. The average Bonchev–Trinajstić information content (AvgIpc) is 4.15. The van der Waals surface area contributed by atoms with Gasteiger partial charge in [0.25, 0.3) is 0 Å². The van der Waals surface area contributed by atoms with Crippen LogP contribution in [-0.2, 0) is 0 Å². The molecule has 0 N–H and O–H groups in total. The molecule has 0 unspecified atom stereocenters. The highest BCUT2D eigenvalue weighted by atomic mass is 14.3. The summed E-state index contributed by atoms with van der Waals surface area (Å²) in [6, 6.07) is 47.4. The summed E-state index contributed by atoms with van der Waals surface area (Å²) in [6.45, 7) is 62.4. The van der Waals surface area contributed by atoms with Crippen molar-refractivity contribution < 1.29 is 0 Å². The third-order valence-corrected chi connectivity index (χ3v) is 11.9. The fourth-order valence-corrected chi connectivity index (χ4v) is 7.28. The second kappa shape index (κ2) is 55.5. The van der Waals surface area contributed by atoms with E-state index in [0.717, 1.165) is 23.7 Å². The van der Waals surface area contributed by atoms with Crippen LogP contribution in [0.3, 0.4) is 0 Å². The van der Waals surface area contributed by atoms with E-state index in [1.54, 1.807) is 0 Å². The monoisotopic (exact) mass is 1030 g/mol. The molecular weight excluding hydrogens is 901 g/mol. The molecule has 0 saturated heterocycles. The van der Waals surface area contributed by atoms with Crippen LogP contribution in [0, 0.1) is 79.1 Å². The SMILES string of the molecule is CC.CC.CC.CC.CC.CC.CC.CC.CC.CC1CCC(C)CC1.C[C@@H]1C[C@@H]1C.Cc1ccc(C)c2ccccc12.Cc1ccc(C)cc1.Cc1ccc2cc(C)ccc2c1.Cc1cccc2c(C)cccc12. The number of hydrogen-bond donors (Lipinski definition) is 0. The van der Waals surface area contributed by atoms with Crippen molar-refractivity contribution in [3.05, 3.63) is 178 Å². The molecule has 2 aliphatic carbocycles. The van der Waals surface area contributed by atoms with Crippen LogP contribution in [0.4, 0.5) is 0 Å². The van der Waals surface area contributed by atoms with E-state index in [1.807, 2.05) is 125 Å². The van der Waals surface area contributed by atoms with Crippen molar-refractivity contribution in [3.8, 4) is 0 Å². The predicted octanol–water partition coefficient (Wildman–Crippen LogP) is 26.4. The zero-order valence-corrected chi connectivity index (χ0v) is 55.5. The molecule has 0 radical (unpaired) electrons. The summed E-state index contributed by atoms with van der Waals surface area (Å²) in [5.74, 6) is 4.14. The fourth-order valence-electron chi connectivity index (χ4n) is 7.28. The third kappa shape index (κ3) is 37.7. The van der Waals surface area contributed by atoms with Crippen LogP contribution < -0.4 is 0 Å². The van der Waals surface area contributed by atoms with E-state index < -0.39 is 0 Å². The maximum absolute atomic E-state index is 2.37. The van der Waals surface area contributed by atoms with Crippen molar-refractivity contribution in [3.63, 3.8) is 0 Å². The van der Waals surface area contributed by atoms with Gasteiger partial charge < -0.3 is 0 Å². The lowest BCUT2D eigenvalue weighted by molar-refractivity contribution is 0.308. The van der Waals surface area contributed by atoms with Gasteiger partial charge in [-0.15, -0.1) is 0 Å². The molecule has 2 atom stereocenters. The van der Waals surface area contributed by atoms with E-state index in [-0.39, 0.29) is 0 Å². The van der Waals surface area contributed by atoms with Crippen molar-refractivity contribution in [2.45, 2.75) is 240 Å². The van der Waals surface area contributed by atoms with Gasteiger partial charge in [0.15, 0.2) is 0 Å². The van der Waals surface area contributed by atoms with E-state index in [0.29, 0.717) is 0 Å². The molecule has 0 heteroatoms. The fraction of sp³-hybridized carbons (Fsp3) is 0.520. The first-order valence-electron chi connectivity index (χ1n) is 30.6. The first-order valence-corrected chi connectivity index (χ1v) is 30.6. The zero-order chi connectivity index (χ0) is 59.5. The highest BCUT2D eigenvalue weighted by Crippen LogP contribution is 2.36. The summed E-state index contributed by atoms with van der Waals surface area (Å²) in [4.78, 5) is 0. The van der Waals surface area contributed by atoms with E-state index in [1.165, 1.54) is 109 Å². The van der Waals surface area contributed by atoms with Crippen molar-refractivity contribution >= 4 is 32.3 Å². The lowest BCUT2D eigenvalue weighted by atomic mass is 9.84. The molecule has 75 heavy (non-hydrogen) atoms. The summed E-state index contributed by atoms with van der Waals surface area (Å²) in [5, 5.41) is 8.16. The van der Waals surface area contributed by atoms with E-state index in [2.05, 4.69) is 217 Å². The Kier molecular flexibility index (Phi) is 60.5. The Morgan fingerprint density at radius 2 is 0.467 bits per heavy atom. The van der Waals surface area contributed by atoms with Crippen LogP contribution in [0.5, 0.6) is 0 Å². The molecule has 2 fully saturated rings. The van der Waals surface area contributed by atoms with Crippen LogP contribution in [0.2, 0.25) is 0 Å². The molecule has 0 aromatic heterocycles. The standard InChI is InChI=1S/3C12H12.C8H16.C8H10.C5H10.9C2H6/c1-9-3-5-12-8-10(2)4-6-11(12)7-9;1-9-5-3-8-12-10(2)6-4-7-11(9)12;1-9-7-8-10(2)12-6-4-3-5-11(9)12;2*1-7-3-5-8(2)6-4-7;1-4-3-5(4)2;9*1-2/h3*3-8H,1-2H3;7-8H,3-6H2,1-2H3;3-6H,1-2H3;4-5H,3H2,1-2H3;9*1-2H3/t;;;;;4-,5+;;;;;;;;;. The summed E-state index contributed by atoms with van der Waals surface area (Å²) in [7, 11) is 0. The number of aryl methyl sites for hydroxylation is 8. The van der Waals surface area contributed by atoms with Crippen LogP contribution in [-0.4, -0.2) is 0 Å². The zero-order valence-electron chi connectivity index (χ0n) is 55.5. The molecule has 0 nitrogen and oxygen atoms in total. The molecule has 0 spiro atoms. The number of fused-ring (bicyclic) bond motifs is 3.